The Morgan fingerprint density at radius 3 is 2.48 bits per heavy atom. The van der Waals surface area contributed by atoms with E-state index in [-0.39, 0.29) is 18.2 Å². The van der Waals surface area contributed by atoms with E-state index in [2.05, 4.69) is 4.98 Å². The Balaban J connectivity index is 1.73. The van der Waals surface area contributed by atoms with Crippen molar-refractivity contribution < 1.29 is 9.59 Å². The highest BCUT2D eigenvalue weighted by molar-refractivity contribution is 6.29. The number of amides is 1. The van der Waals surface area contributed by atoms with Gasteiger partial charge in [0.2, 0.25) is 5.91 Å². The first-order chi connectivity index (χ1) is 14.9. The van der Waals surface area contributed by atoms with Crippen molar-refractivity contribution in [2.75, 3.05) is 31.6 Å². The van der Waals surface area contributed by atoms with Crippen LogP contribution < -0.4 is 10.6 Å². The molecule has 0 spiro atoms. The van der Waals surface area contributed by atoms with Gasteiger partial charge in [-0.2, -0.15) is 0 Å². The number of anilines is 1. The third-order valence-corrected chi connectivity index (χ3v) is 5.41. The minimum atomic E-state index is 0.0120. The summed E-state index contributed by atoms with van der Waals surface area (Å²) < 4.78 is 0. The highest BCUT2D eigenvalue weighted by atomic mass is 35.5. The molecule has 0 aliphatic rings. The molecule has 0 atom stereocenters. The number of nitrogens with two attached hydrogens (primary N) is 1. The largest absolute Gasteiger partial charge is 0.365 e. The molecule has 1 heterocycles. The van der Waals surface area contributed by atoms with Crippen molar-refractivity contribution in [3.05, 3.63) is 71.0 Å². The van der Waals surface area contributed by atoms with Crippen LogP contribution >= 0.6 is 11.6 Å². The first kappa shape index (κ1) is 22.7. The van der Waals surface area contributed by atoms with Gasteiger partial charge in [-0.05, 0) is 60.5 Å². The van der Waals surface area contributed by atoms with Crippen molar-refractivity contribution in [1.82, 2.24) is 9.88 Å². The number of nitrogens with zero attached hydrogens (tertiary/aromatic N) is 3. The second kappa shape index (κ2) is 10.4. The van der Waals surface area contributed by atoms with Gasteiger partial charge in [-0.1, -0.05) is 35.9 Å². The smallest absolute Gasteiger partial charge is 0.242 e. The molecule has 0 saturated carbocycles. The molecule has 31 heavy (non-hydrogen) atoms. The van der Waals surface area contributed by atoms with Gasteiger partial charge < -0.3 is 15.5 Å². The SMILES string of the molecule is CC(=O)c1ccc2cc(N(C)CC(=O)N(CCCN)Cc3ccc(Cl)nc3)ccc2c1. The summed E-state index contributed by atoms with van der Waals surface area (Å²) in [6.45, 7) is 3.36. The molecule has 3 rings (SSSR count). The van der Waals surface area contributed by atoms with E-state index in [0.29, 0.717) is 30.4 Å². The van der Waals surface area contributed by atoms with E-state index >= 15 is 0 Å². The number of hydrogen-bond acceptors (Lipinski definition) is 5. The van der Waals surface area contributed by atoms with Crippen LogP contribution in [-0.4, -0.2) is 48.3 Å². The fourth-order valence-electron chi connectivity index (χ4n) is 3.38. The molecule has 0 radical (unpaired) electrons. The summed E-state index contributed by atoms with van der Waals surface area (Å²) in [6.07, 6.45) is 2.42. The molecule has 7 heteroatoms. The van der Waals surface area contributed by atoms with Crippen molar-refractivity contribution in [1.29, 1.82) is 0 Å². The van der Waals surface area contributed by atoms with Gasteiger partial charge in [-0.15, -0.1) is 0 Å². The van der Waals surface area contributed by atoms with Crippen molar-refractivity contribution in [2.24, 2.45) is 5.73 Å². The summed E-state index contributed by atoms with van der Waals surface area (Å²) >= 11 is 5.87. The molecule has 2 N–H and O–H groups in total. The molecule has 162 valence electrons. The minimum Gasteiger partial charge on any atom is -0.365 e. The van der Waals surface area contributed by atoms with Crippen LogP contribution in [0.5, 0.6) is 0 Å². The van der Waals surface area contributed by atoms with Crippen molar-refractivity contribution in [2.45, 2.75) is 19.9 Å². The lowest BCUT2D eigenvalue weighted by atomic mass is 10.0. The van der Waals surface area contributed by atoms with Crippen LogP contribution in [0.1, 0.15) is 29.3 Å². The predicted molar refractivity (Wildman–Crippen MR) is 126 cm³/mol. The van der Waals surface area contributed by atoms with Gasteiger partial charge in [0.05, 0.1) is 6.54 Å². The fourth-order valence-corrected chi connectivity index (χ4v) is 3.49. The predicted octanol–water partition coefficient (Wildman–Crippen LogP) is 3.90. The molecule has 0 aliphatic heterocycles. The van der Waals surface area contributed by atoms with Gasteiger partial charge in [0, 0.05) is 37.6 Å². The molecule has 1 amide bonds. The molecule has 0 fully saturated rings. The van der Waals surface area contributed by atoms with Gasteiger partial charge in [-0.25, -0.2) is 4.98 Å². The van der Waals surface area contributed by atoms with E-state index in [0.717, 1.165) is 28.4 Å². The molecule has 0 bridgehead atoms. The Labute approximate surface area is 187 Å². The lowest BCUT2D eigenvalue weighted by Gasteiger charge is -2.26. The number of pyridine rings is 1. The molecule has 0 aliphatic carbocycles. The molecule has 6 nitrogen and oxygen atoms in total. The maximum Gasteiger partial charge on any atom is 0.242 e. The molecule has 0 saturated heterocycles. The average Bonchev–Trinajstić information content (AvgIpc) is 2.76. The zero-order valence-corrected chi connectivity index (χ0v) is 18.6. The first-order valence-electron chi connectivity index (χ1n) is 10.2. The van der Waals surface area contributed by atoms with Crippen LogP contribution in [0.4, 0.5) is 5.69 Å². The third-order valence-electron chi connectivity index (χ3n) is 5.19. The van der Waals surface area contributed by atoms with E-state index < -0.39 is 0 Å². The maximum atomic E-state index is 13.0. The Morgan fingerprint density at radius 2 is 1.81 bits per heavy atom. The number of likely N-dealkylation sites (N-methyl/N-ethyl adjacent to an activating group) is 1. The lowest BCUT2D eigenvalue weighted by molar-refractivity contribution is -0.130. The number of ketones is 1. The number of rotatable bonds is 9. The van der Waals surface area contributed by atoms with Gasteiger partial charge in [0.1, 0.15) is 5.15 Å². The number of fused-ring (bicyclic) bond motifs is 1. The van der Waals surface area contributed by atoms with E-state index in [4.69, 9.17) is 17.3 Å². The number of halogens is 1. The number of benzene rings is 2. The number of carbonyl (C=O) groups is 2. The second-order valence-corrected chi connectivity index (χ2v) is 7.99. The van der Waals surface area contributed by atoms with Gasteiger partial charge in [0.25, 0.3) is 0 Å². The van der Waals surface area contributed by atoms with Crippen LogP contribution in [0.25, 0.3) is 10.8 Å². The molecular weight excluding hydrogens is 412 g/mol. The standard InChI is InChI=1S/C24H27ClN4O2/c1-17(30)19-5-6-21-13-22(8-7-20(21)12-19)28(2)16-24(31)29(11-3-10-26)15-18-4-9-23(25)27-14-18/h4-9,12-14H,3,10-11,15-16,26H2,1-2H3. The zero-order valence-electron chi connectivity index (χ0n) is 17.8. The zero-order chi connectivity index (χ0) is 22.4. The van der Waals surface area contributed by atoms with Gasteiger partial charge >= 0.3 is 0 Å². The highest BCUT2D eigenvalue weighted by Gasteiger charge is 2.17. The molecule has 2 aromatic carbocycles. The summed E-state index contributed by atoms with van der Waals surface area (Å²) in [5, 5.41) is 2.44. The number of carbonyl (C=O) groups excluding carboxylic acids is 2. The van der Waals surface area contributed by atoms with Crippen molar-refractivity contribution in [3.8, 4) is 0 Å². The van der Waals surface area contributed by atoms with Crippen LogP contribution in [0, 0.1) is 0 Å². The average molecular weight is 439 g/mol. The third kappa shape index (κ3) is 6.03. The monoisotopic (exact) mass is 438 g/mol. The number of hydrogen-bond donors (Lipinski definition) is 1. The van der Waals surface area contributed by atoms with Gasteiger partial charge in [0.15, 0.2) is 5.78 Å². The highest BCUT2D eigenvalue weighted by Crippen LogP contribution is 2.23. The molecule has 0 unspecified atom stereocenters. The van der Waals surface area contributed by atoms with Crippen molar-refractivity contribution in [3.63, 3.8) is 0 Å². The Kier molecular flexibility index (Phi) is 7.60. The van der Waals surface area contributed by atoms with Crippen LogP contribution in [0.3, 0.4) is 0 Å². The quantitative estimate of drug-likeness (QED) is 0.404. The van der Waals surface area contributed by atoms with E-state index in [1.54, 1.807) is 24.1 Å². The summed E-state index contributed by atoms with van der Waals surface area (Å²) in [4.78, 5) is 32.5. The summed E-state index contributed by atoms with van der Waals surface area (Å²) in [7, 11) is 1.90. The summed E-state index contributed by atoms with van der Waals surface area (Å²) in [5.41, 5.74) is 8.21. The lowest BCUT2D eigenvalue weighted by Crippen LogP contribution is -2.39. The van der Waals surface area contributed by atoms with Crippen LogP contribution in [0.2, 0.25) is 5.15 Å². The normalized spacial score (nSPS) is 10.8. The number of aromatic nitrogens is 1. The molecule has 3 aromatic rings. The van der Waals surface area contributed by atoms with E-state index in [1.165, 1.54) is 0 Å². The molecular formula is C24H27ClN4O2. The maximum absolute atomic E-state index is 13.0. The Hall–Kier alpha value is -2.96. The summed E-state index contributed by atoms with van der Waals surface area (Å²) in [6, 6.07) is 15.2. The van der Waals surface area contributed by atoms with Crippen LogP contribution in [-0.2, 0) is 11.3 Å². The molecule has 1 aromatic heterocycles. The first-order valence-corrected chi connectivity index (χ1v) is 10.6. The van der Waals surface area contributed by atoms with Crippen LogP contribution in [0.15, 0.2) is 54.7 Å². The minimum absolute atomic E-state index is 0.0120. The Bertz CT molecular complexity index is 1070. The Morgan fingerprint density at radius 1 is 1.06 bits per heavy atom. The van der Waals surface area contributed by atoms with E-state index in [1.807, 2.05) is 54.4 Å². The topological polar surface area (TPSA) is 79.5 Å². The van der Waals surface area contributed by atoms with E-state index in [9.17, 15) is 9.59 Å². The summed E-state index contributed by atoms with van der Waals surface area (Å²) in [5.74, 6) is 0.0556. The second-order valence-electron chi connectivity index (χ2n) is 7.61. The fraction of sp³-hybridized carbons (Fsp3) is 0.292. The van der Waals surface area contributed by atoms with Gasteiger partial charge in [-0.3, -0.25) is 9.59 Å². The number of Topliss-reactive ketones (excluding diaryl/α,β-unsaturated/α-hetero) is 1. The van der Waals surface area contributed by atoms with Crippen molar-refractivity contribution >= 4 is 39.8 Å².